The molecule has 2 unspecified atom stereocenters. The minimum absolute atomic E-state index is 0.0160. The summed E-state index contributed by atoms with van der Waals surface area (Å²) in [5.41, 5.74) is 8.28. The summed E-state index contributed by atoms with van der Waals surface area (Å²) in [6.07, 6.45) is 8.62. The fourth-order valence-electron chi connectivity index (χ4n) is 6.96. The van der Waals surface area contributed by atoms with E-state index in [0.717, 1.165) is 36.4 Å². The molecule has 0 amide bonds. The van der Waals surface area contributed by atoms with Crippen molar-refractivity contribution < 1.29 is 4.74 Å². The van der Waals surface area contributed by atoms with Crippen molar-refractivity contribution in [3.8, 4) is 0 Å². The van der Waals surface area contributed by atoms with Gasteiger partial charge >= 0.3 is 0 Å². The summed E-state index contributed by atoms with van der Waals surface area (Å²) in [5, 5.41) is 0. The molecule has 0 aromatic heterocycles. The third kappa shape index (κ3) is 12.3. The molecule has 3 aromatic rings. The lowest BCUT2D eigenvalue weighted by Gasteiger charge is -2.47. The molecule has 1 nitrogen and oxygen atoms in total. The van der Waals surface area contributed by atoms with Crippen molar-refractivity contribution in [1.29, 1.82) is 0 Å². The van der Waals surface area contributed by atoms with Gasteiger partial charge in [-0.05, 0) is 115 Å². The summed E-state index contributed by atoms with van der Waals surface area (Å²) < 4.78 is 6.48. The highest BCUT2D eigenvalue weighted by Crippen LogP contribution is 2.48. The van der Waals surface area contributed by atoms with Gasteiger partial charge in [0, 0.05) is 6.42 Å². The van der Waals surface area contributed by atoms with E-state index in [9.17, 15) is 0 Å². The van der Waals surface area contributed by atoms with Gasteiger partial charge < -0.3 is 4.74 Å². The minimum Gasteiger partial charge on any atom is -0.493 e. The Morgan fingerprint density at radius 2 is 1.17 bits per heavy atom. The summed E-state index contributed by atoms with van der Waals surface area (Å²) >= 11 is 0. The molecular formula is C40H58O. The topological polar surface area (TPSA) is 9.23 Å². The highest BCUT2D eigenvalue weighted by Gasteiger charge is 2.42. The van der Waals surface area contributed by atoms with Crippen LogP contribution in [0.2, 0.25) is 0 Å². The maximum atomic E-state index is 6.48. The predicted molar refractivity (Wildman–Crippen MR) is 181 cm³/mol. The number of allylic oxidation sites excluding steroid dienone is 1. The molecule has 2 aliphatic rings. The second-order valence-electron chi connectivity index (χ2n) is 12.7. The van der Waals surface area contributed by atoms with E-state index in [2.05, 4.69) is 91.4 Å². The van der Waals surface area contributed by atoms with Gasteiger partial charge in [-0.1, -0.05) is 117 Å². The molecule has 0 aliphatic heterocycles. The van der Waals surface area contributed by atoms with Crippen molar-refractivity contribution in [2.24, 2.45) is 17.8 Å². The number of ether oxygens (including phenoxy) is 1. The van der Waals surface area contributed by atoms with E-state index in [0.29, 0.717) is 0 Å². The van der Waals surface area contributed by atoms with Crippen molar-refractivity contribution in [3.05, 3.63) is 119 Å². The van der Waals surface area contributed by atoms with Crippen LogP contribution < -0.4 is 0 Å². The van der Waals surface area contributed by atoms with Gasteiger partial charge in [-0.3, -0.25) is 0 Å². The first-order valence-electron chi connectivity index (χ1n) is 16.0. The summed E-state index contributed by atoms with van der Waals surface area (Å²) in [7, 11) is 0. The smallest absolute Gasteiger partial charge is 0.106 e. The molecule has 0 spiro atoms. The molecule has 224 valence electrons. The first-order valence-corrected chi connectivity index (χ1v) is 16.0. The third-order valence-electron chi connectivity index (χ3n) is 8.34. The van der Waals surface area contributed by atoms with Crippen LogP contribution in [0.3, 0.4) is 0 Å². The summed E-state index contributed by atoms with van der Waals surface area (Å²) in [5.74, 6) is 3.61. The van der Waals surface area contributed by atoms with E-state index >= 15 is 0 Å². The van der Waals surface area contributed by atoms with E-state index in [1.807, 2.05) is 50.2 Å². The first-order chi connectivity index (χ1) is 19.5. The zero-order valence-electron chi connectivity index (χ0n) is 27.7. The molecule has 0 radical (unpaired) electrons. The molecule has 0 N–H and O–H groups in total. The van der Waals surface area contributed by atoms with E-state index in [1.54, 1.807) is 0 Å². The Hall–Kier alpha value is -2.80. The molecule has 2 saturated carbocycles. The van der Waals surface area contributed by atoms with Crippen molar-refractivity contribution >= 4 is 0 Å². The van der Waals surface area contributed by atoms with Crippen LogP contribution in [0.1, 0.15) is 99.6 Å². The fourth-order valence-corrected chi connectivity index (χ4v) is 6.96. The molecule has 5 rings (SSSR count). The second kappa shape index (κ2) is 17.2. The van der Waals surface area contributed by atoms with Crippen molar-refractivity contribution in [2.75, 3.05) is 0 Å². The molecule has 2 bridgehead atoms. The SMILES string of the molecule is C=C(CCc1c(C)cc(C)cc1C)OC1(C)CC2CC(C)CC(C2)C1.CC.Cc1ccccc1.Cc1ccccc1. The van der Waals surface area contributed by atoms with E-state index in [4.69, 9.17) is 4.74 Å². The lowest BCUT2D eigenvalue weighted by Crippen LogP contribution is -2.42. The molecule has 2 aliphatic carbocycles. The Balaban J connectivity index is 0.000000297. The predicted octanol–water partition coefficient (Wildman–Crippen LogP) is 11.7. The zero-order chi connectivity index (χ0) is 30.4. The van der Waals surface area contributed by atoms with Crippen LogP contribution in [0.25, 0.3) is 0 Å². The lowest BCUT2D eigenvalue weighted by atomic mass is 9.64. The Morgan fingerprint density at radius 1 is 0.732 bits per heavy atom. The van der Waals surface area contributed by atoms with Crippen LogP contribution in [-0.4, -0.2) is 5.60 Å². The van der Waals surface area contributed by atoms with Crippen LogP contribution in [0, 0.1) is 52.4 Å². The Bertz CT molecular complexity index is 1080. The van der Waals surface area contributed by atoms with E-state index in [-0.39, 0.29) is 5.60 Å². The Morgan fingerprint density at radius 3 is 1.56 bits per heavy atom. The molecule has 2 fully saturated rings. The quantitative estimate of drug-likeness (QED) is 0.285. The van der Waals surface area contributed by atoms with Crippen molar-refractivity contribution in [1.82, 2.24) is 0 Å². The van der Waals surface area contributed by atoms with Gasteiger partial charge in [0.05, 0.1) is 5.76 Å². The van der Waals surface area contributed by atoms with Crippen LogP contribution in [0.4, 0.5) is 0 Å². The number of rotatable bonds is 5. The maximum Gasteiger partial charge on any atom is 0.106 e. The number of hydrogen-bond acceptors (Lipinski definition) is 1. The van der Waals surface area contributed by atoms with Gasteiger partial charge in [0.15, 0.2) is 0 Å². The van der Waals surface area contributed by atoms with Gasteiger partial charge in [0.2, 0.25) is 0 Å². The van der Waals surface area contributed by atoms with Crippen LogP contribution in [0.5, 0.6) is 0 Å². The van der Waals surface area contributed by atoms with Crippen LogP contribution in [0.15, 0.2) is 85.1 Å². The van der Waals surface area contributed by atoms with Gasteiger partial charge in [-0.15, -0.1) is 0 Å². The molecule has 41 heavy (non-hydrogen) atoms. The summed E-state index contributed by atoms with van der Waals surface area (Å²) in [6, 6.07) is 25.1. The molecule has 1 heteroatoms. The van der Waals surface area contributed by atoms with Gasteiger partial charge in [0.25, 0.3) is 0 Å². The van der Waals surface area contributed by atoms with Crippen molar-refractivity contribution in [2.45, 2.75) is 113 Å². The maximum absolute atomic E-state index is 6.48. The van der Waals surface area contributed by atoms with Crippen LogP contribution >= 0.6 is 0 Å². The second-order valence-corrected chi connectivity index (χ2v) is 12.7. The van der Waals surface area contributed by atoms with Gasteiger partial charge in [-0.25, -0.2) is 0 Å². The average Bonchev–Trinajstić information content (AvgIpc) is 2.90. The zero-order valence-corrected chi connectivity index (χ0v) is 27.7. The summed E-state index contributed by atoms with van der Waals surface area (Å²) in [4.78, 5) is 0. The number of benzene rings is 3. The first kappa shape index (κ1) is 34.4. The van der Waals surface area contributed by atoms with Crippen molar-refractivity contribution in [3.63, 3.8) is 0 Å². The normalized spacial score (nSPS) is 22.4. The minimum atomic E-state index is 0.0160. The Kier molecular flexibility index (Phi) is 14.5. The highest BCUT2D eigenvalue weighted by molar-refractivity contribution is 5.37. The standard InChI is InChI=1S/C24H36O.2C7H8.C2H6/c1-16-9-18(3)23(19(4)10-16)8-7-20(5)25-24(6)14-21-11-17(2)12-22(13-21)15-24;2*1-7-5-3-2-4-6-7;1-2/h9-10,17,21-22H,5,7-8,11-15H2,1-4,6H3;2*2-6H,1H3;1-2H3. The summed E-state index contributed by atoms with van der Waals surface area (Å²) in [6.45, 7) is 23.8. The molecule has 2 atom stereocenters. The molecular weight excluding hydrogens is 496 g/mol. The molecule has 0 saturated heterocycles. The average molecular weight is 555 g/mol. The molecule has 3 aromatic carbocycles. The Labute approximate surface area is 253 Å². The van der Waals surface area contributed by atoms with Crippen LogP contribution in [-0.2, 0) is 11.2 Å². The number of fused-ring (bicyclic) bond motifs is 2. The van der Waals surface area contributed by atoms with Gasteiger partial charge in [-0.2, -0.15) is 0 Å². The van der Waals surface area contributed by atoms with E-state index in [1.165, 1.54) is 65.5 Å². The largest absolute Gasteiger partial charge is 0.493 e. The van der Waals surface area contributed by atoms with E-state index < -0.39 is 0 Å². The van der Waals surface area contributed by atoms with Gasteiger partial charge in [0.1, 0.15) is 5.60 Å². The fraction of sp³-hybridized carbons (Fsp3) is 0.500. The number of aryl methyl sites for hydroxylation is 5. The monoisotopic (exact) mass is 554 g/mol. The number of hydrogen-bond donors (Lipinski definition) is 0. The lowest BCUT2D eigenvalue weighted by molar-refractivity contribution is -0.0694. The third-order valence-corrected chi connectivity index (χ3v) is 8.34. The molecule has 0 heterocycles. The highest BCUT2D eigenvalue weighted by atomic mass is 16.5.